The summed E-state index contributed by atoms with van der Waals surface area (Å²) in [5, 5.41) is 6.93. The van der Waals surface area contributed by atoms with Gasteiger partial charge < -0.3 is 20.4 Å². The fraction of sp³-hybridized carbons (Fsp3) is 0.520. The van der Waals surface area contributed by atoms with Gasteiger partial charge in [0.25, 0.3) is 0 Å². The normalized spacial score (nSPS) is 15.8. The van der Waals surface area contributed by atoms with Gasteiger partial charge in [-0.2, -0.15) is 0 Å². The molecule has 2 heterocycles. The molecule has 0 radical (unpaired) electrons. The van der Waals surface area contributed by atoms with E-state index in [0.717, 1.165) is 57.5 Å². The molecular formula is C25H40IN7. The summed E-state index contributed by atoms with van der Waals surface area (Å²) < 4.78 is 0. The van der Waals surface area contributed by atoms with Gasteiger partial charge in [0, 0.05) is 70.7 Å². The van der Waals surface area contributed by atoms with E-state index in [1.165, 1.54) is 11.1 Å². The number of halogens is 1. The molecule has 1 aliphatic rings. The van der Waals surface area contributed by atoms with Gasteiger partial charge in [-0.1, -0.05) is 36.4 Å². The second-order valence-corrected chi connectivity index (χ2v) is 8.67. The van der Waals surface area contributed by atoms with Gasteiger partial charge in [0.05, 0.1) is 0 Å². The molecule has 0 bridgehead atoms. The maximum atomic E-state index is 4.67. The van der Waals surface area contributed by atoms with Crippen molar-refractivity contribution in [2.75, 3.05) is 58.8 Å². The summed E-state index contributed by atoms with van der Waals surface area (Å²) in [4.78, 5) is 16.2. The summed E-state index contributed by atoms with van der Waals surface area (Å²) in [7, 11) is 6.19. The number of aliphatic imine (C=N–C) groups is 1. The highest BCUT2D eigenvalue weighted by Gasteiger charge is 2.18. The van der Waals surface area contributed by atoms with Gasteiger partial charge in [-0.3, -0.25) is 9.89 Å². The Hall–Kier alpha value is -1.91. The summed E-state index contributed by atoms with van der Waals surface area (Å²) >= 11 is 0. The third-order valence-electron chi connectivity index (χ3n) is 6.22. The zero-order valence-electron chi connectivity index (χ0n) is 20.5. The van der Waals surface area contributed by atoms with Crippen LogP contribution in [0.15, 0.2) is 53.7 Å². The van der Waals surface area contributed by atoms with Gasteiger partial charge in [-0.25, -0.2) is 4.98 Å². The molecule has 1 fully saturated rings. The van der Waals surface area contributed by atoms with Gasteiger partial charge >= 0.3 is 0 Å². The number of pyridine rings is 1. The highest BCUT2D eigenvalue weighted by molar-refractivity contribution is 14.0. The Balaban J connectivity index is 0.00000385. The summed E-state index contributed by atoms with van der Waals surface area (Å²) in [6.07, 6.45) is 2.93. The van der Waals surface area contributed by atoms with Crippen LogP contribution < -0.4 is 15.5 Å². The van der Waals surface area contributed by atoms with Crippen molar-refractivity contribution in [3.8, 4) is 0 Å². The number of nitrogens with zero attached hydrogens (tertiary/aromatic N) is 5. The van der Waals surface area contributed by atoms with Crippen molar-refractivity contribution in [2.24, 2.45) is 4.99 Å². The molecule has 1 aromatic carbocycles. The Kier molecular flexibility index (Phi) is 11.9. The molecule has 33 heavy (non-hydrogen) atoms. The van der Waals surface area contributed by atoms with Crippen LogP contribution in [0.5, 0.6) is 0 Å². The zero-order valence-corrected chi connectivity index (χ0v) is 22.8. The molecule has 2 N–H and O–H groups in total. The quantitative estimate of drug-likeness (QED) is 0.277. The number of anilines is 1. The Morgan fingerprint density at radius 1 is 1.09 bits per heavy atom. The first-order chi connectivity index (χ1) is 15.6. The van der Waals surface area contributed by atoms with E-state index in [-0.39, 0.29) is 24.0 Å². The third-order valence-corrected chi connectivity index (χ3v) is 6.22. The monoisotopic (exact) mass is 565 g/mol. The molecule has 1 atom stereocenters. The number of aromatic nitrogens is 1. The van der Waals surface area contributed by atoms with Crippen molar-refractivity contribution in [3.05, 3.63) is 59.8 Å². The molecule has 182 valence electrons. The minimum atomic E-state index is 0. The standard InChI is InChI=1S/C25H39N7.HI/c1-21(31(4)20-22-9-6-5-7-10-22)12-14-28-25(26-2)29-19-23-11-8-13-27-24(23)32-17-15-30(3)16-18-32;/h5-11,13,21H,12,14-20H2,1-4H3,(H2,26,28,29);1H. The zero-order chi connectivity index (χ0) is 22.8. The van der Waals surface area contributed by atoms with Gasteiger partial charge in [0.1, 0.15) is 5.82 Å². The first kappa shape index (κ1) is 27.3. The van der Waals surface area contributed by atoms with Gasteiger partial charge in [-0.05, 0) is 39.1 Å². The van der Waals surface area contributed by atoms with E-state index in [1.54, 1.807) is 0 Å². The molecule has 3 rings (SSSR count). The van der Waals surface area contributed by atoms with Crippen LogP contribution in [0.25, 0.3) is 0 Å². The number of likely N-dealkylation sites (N-methyl/N-ethyl adjacent to an activating group) is 1. The van der Waals surface area contributed by atoms with Crippen molar-refractivity contribution in [1.82, 2.24) is 25.4 Å². The van der Waals surface area contributed by atoms with E-state index in [9.17, 15) is 0 Å². The largest absolute Gasteiger partial charge is 0.356 e. The average molecular weight is 566 g/mol. The highest BCUT2D eigenvalue weighted by atomic mass is 127. The number of piperazine rings is 1. The maximum Gasteiger partial charge on any atom is 0.191 e. The molecule has 2 aromatic rings. The van der Waals surface area contributed by atoms with Crippen LogP contribution in [-0.4, -0.2) is 80.7 Å². The predicted octanol–water partition coefficient (Wildman–Crippen LogP) is 3.03. The molecule has 0 aliphatic carbocycles. The summed E-state index contributed by atoms with van der Waals surface area (Å²) in [6, 6.07) is 15.3. The molecule has 7 nitrogen and oxygen atoms in total. The Morgan fingerprint density at radius 3 is 2.52 bits per heavy atom. The van der Waals surface area contributed by atoms with Crippen molar-refractivity contribution in [1.29, 1.82) is 0 Å². The number of hydrogen-bond donors (Lipinski definition) is 2. The molecule has 1 aromatic heterocycles. The Morgan fingerprint density at radius 2 is 1.82 bits per heavy atom. The number of benzene rings is 1. The molecular weight excluding hydrogens is 525 g/mol. The molecule has 1 unspecified atom stereocenters. The van der Waals surface area contributed by atoms with Crippen LogP contribution in [0.3, 0.4) is 0 Å². The smallest absolute Gasteiger partial charge is 0.191 e. The fourth-order valence-corrected chi connectivity index (χ4v) is 3.92. The van der Waals surface area contributed by atoms with Gasteiger partial charge in [0.15, 0.2) is 5.96 Å². The van der Waals surface area contributed by atoms with Crippen molar-refractivity contribution < 1.29 is 0 Å². The van der Waals surface area contributed by atoms with E-state index >= 15 is 0 Å². The van der Waals surface area contributed by atoms with Crippen molar-refractivity contribution in [2.45, 2.75) is 32.5 Å². The SMILES string of the molecule is CN=C(NCCC(C)N(C)Cc1ccccc1)NCc1cccnc1N1CCN(C)CC1.I. The summed E-state index contributed by atoms with van der Waals surface area (Å²) in [5.74, 6) is 1.91. The lowest BCUT2D eigenvalue weighted by molar-refractivity contribution is 0.238. The second-order valence-electron chi connectivity index (χ2n) is 8.67. The first-order valence-corrected chi connectivity index (χ1v) is 11.6. The van der Waals surface area contributed by atoms with E-state index in [0.29, 0.717) is 12.6 Å². The highest BCUT2D eigenvalue weighted by Crippen LogP contribution is 2.18. The fourth-order valence-electron chi connectivity index (χ4n) is 3.92. The van der Waals surface area contributed by atoms with Crippen LogP contribution in [0, 0.1) is 0 Å². The second kappa shape index (κ2) is 14.4. The van der Waals surface area contributed by atoms with Gasteiger partial charge in [0.2, 0.25) is 0 Å². The molecule has 1 aliphatic heterocycles. The van der Waals surface area contributed by atoms with E-state index in [4.69, 9.17) is 0 Å². The minimum absolute atomic E-state index is 0. The first-order valence-electron chi connectivity index (χ1n) is 11.6. The van der Waals surface area contributed by atoms with Crippen LogP contribution >= 0.6 is 24.0 Å². The Labute approximate surface area is 216 Å². The molecule has 0 saturated carbocycles. The van der Waals surface area contributed by atoms with Crippen LogP contribution in [-0.2, 0) is 13.1 Å². The van der Waals surface area contributed by atoms with Gasteiger partial charge in [-0.15, -0.1) is 24.0 Å². The van der Waals surface area contributed by atoms with E-state index < -0.39 is 0 Å². The summed E-state index contributed by atoms with van der Waals surface area (Å²) in [6.45, 7) is 9.00. The van der Waals surface area contributed by atoms with Crippen LogP contribution in [0.4, 0.5) is 5.82 Å². The number of nitrogens with one attached hydrogen (secondary N) is 2. The van der Waals surface area contributed by atoms with Crippen molar-refractivity contribution >= 4 is 35.8 Å². The Bertz CT molecular complexity index is 838. The lowest BCUT2D eigenvalue weighted by Crippen LogP contribution is -2.45. The van der Waals surface area contributed by atoms with E-state index in [2.05, 4.69) is 92.7 Å². The topological polar surface area (TPSA) is 59.0 Å². The average Bonchev–Trinajstić information content (AvgIpc) is 2.82. The predicted molar refractivity (Wildman–Crippen MR) is 150 cm³/mol. The summed E-state index contributed by atoms with van der Waals surface area (Å²) in [5.41, 5.74) is 2.55. The number of guanidine groups is 1. The minimum Gasteiger partial charge on any atom is -0.356 e. The number of hydrogen-bond acceptors (Lipinski definition) is 5. The maximum absolute atomic E-state index is 4.67. The number of rotatable bonds is 9. The third kappa shape index (κ3) is 8.75. The molecule has 1 saturated heterocycles. The molecule has 0 amide bonds. The van der Waals surface area contributed by atoms with Crippen LogP contribution in [0.1, 0.15) is 24.5 Å². The lowest BCUT2D eigenvalue weighted by Gasteiger charge is -2.34. The molecule has 8 heteroatoms. The molecule has 0 spiro atoms. The van der Waals surface area contributed by atoms with Crippen molar-refractivity contribution in [3.63, 3.8) is 0 Å². The van der Waals surface area contributed by atoms with Crippen LogP contribution in [0.2, 0.25) is 0 Å². The van der Waals surface area contributed by atoms with E-state index in [1.807, 2.05) is 19.3 Å². The lowest BCUT2D eigenvalue weighted by atomic mass is 10.1.